The van der Waals surface area contributed by atoms with Gasteiger partial charge < -0.3 is 9.30 Å². The highest BCUT2D eigenvalue weighted by atomic mass is 35.5. The summed E-state index contributed by atoms with van der Waals surface area (Å²) in [5, 5.41) is 0.677. The maximum absolute atomic E-state index is 12.7. The van der Waals surface area contributed by atoms with Crippen molar-refractivity contribution < 1.29 is 4.74 Å². The SMILES string of the molecule is C=CC=C(C)c1cc(OCCC)c(=O)n(Cc2ccc(Cl)cc2)c1. The van der Waals surface area contributed by atoms with Crippen molar-refractivity contribution in [3.8, 4) is 5.75 Å². The van der Waals surface area contributed by atoms with E-state index in [1.165, 1.54) is 0 Å². The molecule has 0 spiro atoms. The van der Waals surface area contributed by atoms with Crippen LogP contribution in [0.2, 0.25) is 5.02 Å². The molecule has 0 fully saturated rings. The molecule has 0 aliphatic rings. The molecule has 0 unspecified atom stereocenters. The Labute approximate surface area is 147 Å². The first-order valence-electron chi connectivity index (χ1n) is 7.96. The molecule has 1 heterocycles. The predicted octanol–water partition coefficient (Wildman–Crippen LogP) is 4.93. The molecular formula is C20H22ClNO2. The average Bonchev–Trinajstić information content (AvgIpc) is 2.57. The van der Waals surface area contributed by atoms with E-state index in [2.05, 4.69) is 6.58 Å². The van der Waals surface area contributed by atoms with Crippen LogP contribution in [0.3, 0.4) is 0 Å². The van der Waals surface area contributed by atoms with Gasteiger partial charge in [0, 0.05) is 11.2 Å². The van der Waals surface area contributed by atoms with Crippen molar-refractivity contribution in [1.82, 2.24) is 4.57 Å². The van der Waals surface area contributed by atoms with Gasteiger partial charge in [0.05, 0.1) is 13.2 Å². The largest absolute Gasteiger partial charge is 0.488 e. The van der Waals surface area contributed by atoms with Crippen LogP contribution in [0.15, 0.2) is 60.1 Å². The van der Waals surface area contributed by atoms with E-state index < -0.39 is 0 Å². The smallest absolute Gasteiger partial charge is 0.293 e. The minimum absolute atomic E-state index is 0.131. The first-order valence-corrected chi connectivity index (χ1v) is 8.34. The fourth-order valence-corrected chi connectivity index (χ4v) is 2.44. The van der Waals surface area contributed by atoms with Crippen LogP contribution in [0.5, 0.6) is 5.75 Å². The Morgan fingerprint density at radius 3 is 2.67 bits per heavy atom. The molecule has 4 heteroatoms. The Balaban J connectivity index is 2.45. The number of allylic oxidation sites excluding steroid dienone is 3. The van der Waals surface area contributed by atoms with Crippen LogP contribution < -0.4 is 10.3 Å². The fraction of sp³-hybridized carbons (Fsp3) is 0.250. The Bertz CT molecular complexity index is 788. The lowest BCUT2D eigenvalue weighted by atomic mass is 10.1. The number of nitrogens with zero attached hydrogens (tertiary/aromatic N) is 1. The molecule has 0 aliphatic heterocycles. The van der Waals surface area contributed by atoms with Gasteiger partial charge in [0.2, 0.25) is 0 Å². The fourth-order valence-electron chi connectivity index (χ4n) is 2.32. The molecule has 24 heavy (non-hydrogen) atoms. The molecule has 0 saturated carbocycles. The molecule has 1 aromatic carbocycles. The lowest BCUT2D eigenvalue weighted by molar-refractivity contribution is 0.310. The van der Waals surface area contributed by atoms with Crippen molar-refractivity contribution in [2.24, 2.45) is 0 Å². The number of pyridine rings is 1. The topological polar surface area (TPSA) is 31.2 Å². The van der Waals surface area contributed by atoms with Crippen LogP contribution in [0.1, 0.15) is 31.4 Å². The predicted molar refractivity (Wildman–Crippen MR) is 101 cm³/mol. The maximum atomic E-state index is 12.7. The highest BCUT2D eigenvalue weighted by Crippen LogP contribution is 2.18. The minimum Gasteiger partial charge on any atom is -0.488 e. The van der Waals surface area contributed by atoms with Gasteiger partial charge in [0.1, 0.15) is 0 Å². The third-order valence-corrected chi connectivity index (χ3v) is 3.86. The second kappa shape index (κ2) is 8.55. The summed E-state index contributed by atoms with van der Waals surface area (Å²) < 4.78 is 7.32. The molecule has 2 rings (SSSR count). The molecule has 0 amide bonds. The zero-order chi connectivity index (χ0) is 17.5. The molecule has 126 valence electrons. The summed E-state index contributed by atoms with van der Waals surface area (Å²) in [6, 6.07) is 9.28. The van der Waals surface area contributed by atoms with E-state index in [0.29, 0.717) is 23.9 Å². The number of aromatic nitrogens is 1. The third kappa shape index (κ3) is 4.62. The normalized spacial score (nSPS) is 11.4. The summed E-state index contributed by atoms with van der Waals surface area (Å²) in [5.74, 6) is 0.375. The van der Waals surface area contributed by atoms with Crippen molar-refractivity contribution >= 4 is 17.2 Å². The van der Waals surface area contributed by atoms with Crippen LogP contribution in [0.25, 0.3) is 5.57 Å². The molecular weight excluding hydrogens is 322 g/mol. The maximum Gasteiger partial charge on any atom is 0.293 e. The molecule has 0 bridgehead atoms. The van der Waals surface area contributed by atoms with Crippen molar-refractivity contribution in [2.45, 2.75) is 26.8 Å². The van der Waals surface area contributed by atoms with Crippen LogP contribution in [-0.4, -0.2) is 11.2 Å². The Morgan fingerprint density at radius 2 is 2.04 bits per heavy atom. The second-order valence-corrected chi connectivity index (χ2v) is 6.02. The van der Waals surface area contributed by atoms with E-state index in [0.717, 1.165) is 23.1 Å². The van der Waals surface area contributed by atoms with Crippen molar-refractivity contribution in [3.05, 3.63) is 81.8 Å². The van der Waals surface area contributed by atoms with E-state index in [1.54, 1.807) is 16.7 Å². The summed E-state index contributed by atoms with van der Waals surface area (Å²) in [6.07, 6.45) is 6.35. The van der Waals surface area contributed by atoms with Gasteiger partial charge in [-0.3, -0.25) is 4.79 Å². The van der Waals surface area contributed by atoms with Crippen LogP contribution >= 0.6 is 11.6 Å². The zero-order valence-electron chi connectivity index (χ0n) is 14.1. The van der Waals surface area contributed by atoms with E-state index in [4.69, 9.17) is 16.3 Å². The number of hydrogen-bond acceptors (Lipinski definition) is 2. The Hall–Kier alpha value is -2.26. The number of benzene rings is 1. The van der Waals surface area contributed by atoms with Gasteiger partial charge in [0.25, 0.3) is 5.56 Å². The van der Waals surface area contributed by atoms with Crippen molar-refractivity contribution in [3.63, 3.8) is 0 Å². The van der Waals surface area contributed by atoms with Gasteiger partial charge in [-0.05, 0) is 48.2 Å². The average molecular weight is 344 g/mol. The van der Waals surface area contributed by atoms with Gasteiger partial charge in [-0.15, -0.1) is 0 Å². The van der Waals surface area contributed by atoms with Crippen LogP contribution in [-0.2, 0) is 6.54 Å². The molecule has 2 aromatic rings. The van der Waals surface area contributed by atoms with Gasteiger partial charge in [-0.2, -0.15) is 0 Å². The van der Waals surface area contributed by atoms with Crippen LogP contribution in [0, 0.1) is 0 Å². The van der Waals surface area contributed by atoms with E-state index in [1.807, 2.05) is 50.4 Å². The highest BCUT2D eigenvalue weighted by molar-refractivity contribution is 6.30. The number of hydrogen-bond donors (Lipinski definition) is 0. The summed E-state index contributed by atoms with van der Waals surface area (Å²) in [5.41, 5.74) is 2.84. The molecule has 0 saturated heterocycles. The second-order valence-electron chi connectivity index (χ2n) is 5.59. The lowest BCUT2D eigenvalue weighted by Gasteiger charge is -2.13. The zero-order valence-corrected chi connectivity index (χ0v) is 14.8. The number of halogens is 1. The van der Waals surface area contributed by atoms with Gasteiger partial charge in [-0.1, -0.05) is 49.4 Å². The molecule has 0 aliphatic carbocycles. The highest BCUT2D eigenvalue weighted by Gasteiger charge is 2.10. The molecule has 0 atom stereocenters. The van der Waals surface area contributed by atoms with Gasteiger partial charge in [0.15, 0.2) is 5.75 Å². The minimum atomic E-state index is -0.131. The molecule has 1 aromatic heterocycles. The number of rotatable bonds is 7. The molecule has 0 N–H and O–H groups in total. The van der Waals surface area contributed by atoms with Crippen molar-refractivity contribution in [2.75, 3.05) is 6.61 Å². The van der Waals surface area contributed by atoms with Gasteiger partial charge >= 0.3 is 0 Å². The standard InChI is InChI=1S/C20H22ClNO2/c1-4-6-15(3)17-12-19(24-11-5-2)20(23)22(14-17)13-16-7-9-18(21)10-8-16/h4,6-10,12,14H,1,5,11,13H2,2-3H3. The Kier molecular flexibility index (Phi) is 6.44. The molecule has 0 radical (unpaired) electrons. The van der Waals surface area contributed by atoms with E-state index in [-0.39, 0.29) is 5.56 Å². The monoisotopic (exact) mass is 343 g/mol. The Morgan fingerprint density at radius 1 is 1.33 bits per heavy atom. The lowest BCUT2D eigenvalue weighted by Crippen LogP contribution is -2.23. The summed E-state index contributed by atoms with van der Waals surface area (Å²) in [4.78, 5) is 12.7. The van der Waals surface area contributed by atoms with E-state index >= 15 is 0 Å². The summed E-state index contributed by atoms with van der Waals surface area (Å²) in [6.45, 7) is 8.71. The summed E-state index contributed by atoms with van der Waals surface area (Å²) in [7, 11) is 0. The number of ether oxygens (including phenoxy) is 1. The van der Waals surface area contributed by atoms with Crippen molar-refractivity contribution in [1.29, 1.82) is 0 Å². The van der Waals surface area contributed by atoms with E-state index in [9.17, 15) is 4.79 Å². The van der Waals surface area contributed by atoms with Gasteiger partial charge in [-0.25, -0.2) is 0 Å². The first kappa shape index (κ1) is 18.1. The quantitative estimate of drug-likeness (QED) is 0.667. The third-order valence-electron chi connectivity index (χ3n) is 3.60. The van der Waals surface area contributed by atoms with Crippen LogP contribution in [0.4, 0.5) is 0 Å². The first-order chi connectivity index (χ1) is 11.5. The molecule has 3 nitrogen and oxygen atoms in total. The summed E-state index contributed by atoms with van der Waals surface area (Å²) >= 11 is 5.92.